The van der Waals surface area contributed by atoms with Crippen molar-refractivity contribution in [3.63, 3.8) is 0 Å². The fraction of sp³-hybridized carbons (Fsp3) is 0.368. The van der Waals surface area contributed by atoms with Gasteiger partial charge in [-0.2, -0.15) is 0 Å². The molecule has 2 nitrogen and oxygen atoms in total. The number of aliphatic hydroxyl groups excluding tert-OH is 1. The van der Waals surface area contributed by atoms with Crippen molar-refractivity contribution < 1.29 is 5.11 Å². The third-order valence-electron chi connectivity index (χ3n) is 3.93. The van der Waals surface area contributed by atoms with Crippen molar-refractivity contribution in [2.24, 2.45) is 0 Å². The van der Waals surface area contributed by atoms with Gasteiger partial charge in [0.1, 0.15) is 0 Å². The molecule has 0 fully saturated rings. The molecule has 0 aliphatic heterocycles. The molecule has 2 aromatic rings. The first-order chi connectivity index (χ1) is 10.3. The van der Waals surface area contributed by atoms with Gasteiger partial charge in [0.25, 0.3) is 0 Å². The first kappa shape index (κ1) is 15.7. The lowest BCUT2D eigenvalue weighted by Gasteiger charge is -2.18. The number of benzene rings is 2. The second-order valence-electron chi connectivity index (χ2n) is 5.41. The van der Waals surface area contributed by atoms with Crippen molar-refractivity contribution in [2.45, 2.75) is 45.9 Å². The second kappa shape index (κ2) is 7.96. The minimum atomic E-state index is 0.101. The Morgan fingerprint density at radius 2 is 1.67 bits per heavy atom. The summed E-state index contributed by atoms with van der Waals surface area (Å²) in [5.74, 6) is 0. The van der Waals surface area contributed by atoms with E-state index >= 15 is 0 Å². The van der Waals surface area contributed by atoms with E-state index in [1.807, 2.05) is 12.1 Å². The molecule has 0 aliphatic rings. The highest BCUT2D eigenvalue weighted by Gasteiger charge is 2.08. The highest BCUT2D eigenvalue weighted by Crippen LogP contribution is 2.18. The highest BCUT2D eigenvalue weighted by atomic mass is 16.3. The van der Waals surface area contributed by atoms with Crippen LogP contribution in [0.4, 0.5) is 0 Å². The maximum absolute atomic E-state index is 9.19. The molecule has 0 bridgehead atoms. The Morgan fingerprint density at radius 1 is 0.952 bits per heavy atom. The number of hydrogen-bond donors (Lipinski definition) is 2. The van der Waals surface area contributed by atoms with Crippen LogP contribution in [0, 0.1) is 0 Å². The van der Waals surface area contributed by atoms with Gasteiger partial charge >= 0.3 is 0 Å². The van der Waals surface area contributed by atoms with Gasteiger partial charge in [0.2, 0.25) is 0 Å². The molecule has 21 heavy (non-hydrogen) atoms. The van der Waals surface area contributed by atoms with Crippen LogP contribution in [-0.2, 0) is 19.6 Å². The zero-order chi connectivity index (χ0) is 15.1. The Hall–Kier alpha value is -1.64. The molecule has 0 saturated carbocycles. The standard InChI is InChI=1S/C19H25NO/c1-3-15-8-10-18(11-9-15)19(4-2)20-13-16-6-5-7-17(12-16)14-21/h5-12,19-21H,3-4,13-14H2,1-2H3. The largest absolute Gasteiger partial charge is 0.392 e. The van der Waals surface area contributed by atoms with Crippen LogP contribution in [0.25, 0.3) is 0 Å². The molecular weight excluding hydrogens is 258 g/mol. The summed E-state index contributed by atoms with van der Waals surface area (Å²) in [6.07, 6.45) is 2.14. The van der Waals surface area contributed by atoms with Gasteiger partial charge < -0.3 is 10.4 Å². The van der Waals surface area contributed by atoms with Crippen LogP contribution in [0.2, 0.25) is 0 Å². The number of rotatable bonds is 7. The fourth-order valence-electron chi connectivity index (χ4n) is 2.56. The zero-order valence-corrected chi connectivity index (χ0v) is 13.0. The molecule has 0 spiro atoms. The van der Waals surface area contributed by atoms with E-state index in [2.05, 4.69) is 55.6 Å². The summed E-state index contributed by atoms with van der Waals surface area (Å²) in [6.45, 7) is 5.31. The molecule has 1 unspecified atom stereocenters. The van der Waals surface area contributed by atoms with E-state index in [1.54, 1.807) is 0 Å². The molecule has 112 valence electrons. The molecule has 2 aromatic carbocycles. The van der Waals surface area contributed by atoms with Crippen LogP contribution < -0.4 is 5.32 Å². The minimum Gasteiger partial charge on any atom is -0.392 e. The lowest BCUT2D eigenvalue weighted by Crippen LogP contribution is -2.20. The lowest BCUT2D eigenvalue weighted by atomic mass is 10.0. The second-order valence-corrected chi connectivity index (χ2v) is 5.41. The molecule has 0 aliphatic carbocycles. The van der Waals surface area contributed by atoms with Crippen LogP contribution in [0.5, 0.6) is 0 Å². The van der Waals surface area contributed by atoms with Crippen molar-refractivity contribution >= 4 is 0 Å². The van der Waals surface area contributed by atoms with Crippen molar-refractivity contribution in [2.75, 3.05) is 0 Å². The van der Waals surface area contributed by atoms with E-state index in [0.717, 1.165) is 24.9 Å². The summed E-state index contributed by atoms with van der Waals surface area (Å²) in [7, 11) is 0. The molecular formula is C19H25NO. The molecule has 0 heterocycles. The van der Waals surface area contributed by atoms with E-state index in [-0.39, 0.29) is 6.61 Å². The molecule has 0 saturated heterocycles. The molecule has 0 radical (unpaired) electrons. The SMILES string of the molecule is CCc1ccc(C(CC)NCc2cccc(CO)c2)cc1. The van der Waals surface area contributed by atoms with Gasteiger partial charge in [-0.25, -0.2) is 0 Å². The zero-order valence-electron chi connectivity index (χ0n) is 13.0. The van der Waals surface area contributed by atoms with Crippen molar-refractivity contribution in [3.05, 3.63) is 70.8 Å². The highest BCUT2D eigenvalue weighted by molar-refractivity contribution is 5.26. The van der Waals surface area contributed by atoms with Gasteiger partial charge in [-0.1, -0.05) is 62.4 Å². The predicted molar refractivity (Wildman–Crippen MR) is 88.1 cm³/mol. The van der Waals surface area contributed by atoms with E-state index in [9.17, 15) is 5.11 Å². The normalized spacial score (nSPS) is 12.3. The maximum atomic E-state index is 9.19. The van der Waals surface area contributed by atoms with Crippen LogP contribution in [0.3, 0.4) is 0 Å². The Balaban J connectivity index is 2.01. The van der Waals surface area contributed by atoms with Crippen LogP contribution in [0.1, 0.15) is 48.6 Å². The third kappa shape index (κ3) is 4.42. The van der Waals surface area contributed by atoms with Crippen LogP contribution in [0.15, 0.2) is 48.5 Å². The topological polar surface area (TPSA) is 32.3 Å². The van der Waals surface area contributed by atoms with Crippen LogP contribution in [-0.4, -0.2) is 5.11 Å². The third-order valence-corrected chi connectivity index (χ3v) is 3.93. The molecule has 0 amide bonds. The smallest absolute Gasteiger partial charge is 0.0681 e. The quantitative estimate of drug-likeness (QED) is 0.805. The number of hydrogen-bond acceptors (Lipinski definition) is 2. The van der Waals surface area contributed by atoms with E-state index < -0.39 is 0 Å². The van der Waals surface area contributed by atoms with Gasteiger partial charge in [-0.15, -0.1) is 0 Å². The van der Waals surface area contributed by atoms with Gasteiger partial charge in [0, 0.05) is 12.6 Å². The monoisotopic (exact) mass is 283 g/mol. The molecule has 1 atom stereocenters. The lowest BCUT2D eigenvalue weighted by molar-refractivity contribution is 0.281. The Labute approximate surface area is 127 Å². The number of aliphatic hydroxyl groups is 1. The molecule has 2 heteroatoms. The first-order valence-corrected chi connectivity index (χ1v) is 7.77. The Bertz CT molecular complexity index is 548. The van der Waals surface area contributed by atoms with E-state index in [0.29, 0.717) is 6.04 Å². The predicted octanol–water partition coefficient (Wildman–Crippen LogP) is 3.98. The number of aryl methyl sites for hydroxylation is 1. The summed E-state index contributed by atoms with van der Waals surface area (Å²) in [6, 6.07) is 17.4. The van der Waals surface area contributed by atoms with Crippen molar-refractivity contribution in [1.29, 1.82) is 0 Å². The Morgan fingerprint density at radius 3 is 2.29 bits per heavy atom. The van der Waals surface area contributed by atoms with Crippen molar-refractivity contribution in [3.8, 4) is 0 Å². The molecule has 2 rings (SSSR count). The van der Waals surface area contributed by atoms with Crippen LogP contribution >= 0.6 is 0 Å². The van der Waals surface area contributed by atoms with Gasteiger partial charge in [0.05, 0.1) is 6.61 Å². The van der Waals surface area contributed by atoms with Gasteiger partial charge in [-0.3, -0.25) is 0 Å². The summed E-state index contributed by atoms with van der Waals surface area (Å²) in [4.78, 5) is 0. The fourth-order valence-corrected chi connectivity index (χ4v) is 2.56. The van der Waals surface area contributed by atoms with E-state index in [4.69, 9.17) is 0 Å². The summed E-state index contributed by atoms with van der Waals surface area (Å²) in [5, 5.41) is 12.8. The van der Waals surface area contributed by atoms with Gasteiger partial charge in [-0.05, 0) is 35.1 Å². The van der Waals surface area contributed by atoms with Gasteiger partial charge in [0.15, 0.2) is 0 Å². The average Bonchev–Trinajstić information content (AvgIpc) is 2.56. The maximum Gasteiger partial charge on any atom is 0.0681 e. The summed E-state index contributed by atoms with van der Waals surface area (Å²) >= 11 is 0. The Kier molecular flexibility index (Phi) is 5.97. The minimum absolute atomic E-state index is 0.101. The van der Waals surface area contributed by atoms with E-state index in [1.165, 1.54) is 16.7 Å². The average molecular weight is 283 g/mol. The summed E-state index contributed by atoms with van der Waals surface area (Å²) in [5.41, 5.74) is 4.90. The molecule has 0 aromatic heterocycles. The molecule has 2 N–H and O–H groups in total. The van der Waals surface area contributed by atoms with Crippen molar-refractivity contribution in [1.82, 2.24) is 5.32 Å². The summed E-state index contributed by atoms with van der Waals surface area (Å²) < 4.78 is 0. The first-order valence-electron chi connectivity index (χ1n) is 7.77. The number of nitrogens with one attached hydrogen (secondary N) is 1.